The predicted octanol–water partition coefficient (Wildman–Crippen LogP) is 2.34. The molecule has 3 nitrogen and oxygen atoms in total. The maximum Gasteiger partial charge on any atom is 0.118 e. The Morgan fingerprint density at radius 3 is 2.37 bits per heavy atom. The zero-order chi connectivity index (χ0) is 13.7. The first-order valence-corrected chi connectivity index (χ1v) is 7.20. The van der Waals surface area contributed by atoms with Crippen LogP contribution in [0, 0.1) is 5.92 Å². The van der Waals surface area contributed by atoms with Gasteiger partial charge in [-0.2, -0.15) is 0 Å². The molecule has 1 unspecified atom stereocenters. The number of hydrogen-bond acceptors (Lipinski definition) is 3. The van der Waals surface area contributed by atoms with Crippen LogP contribution in [0.5, 0.6) is 5.75 Å². The second kappa shape index (κ2) is 6.92. The standard InChI is InChI=1S/C16H26N2O/c1-18(2)12-16(14-8-10-17-11-9-14)13-4-6-15(19-3)7-5-13/h4-7,14,16-17H,8-12H2,1-3H3. The first-order valence-electron chi connectivity index (χ1n) is 7.20. The molecule has 3 heteroatoms. The first-order chi connectivity index (χ1) is 9.20. The van der Waals surface area contributed by atoms with E-state index in [2.05, 4.69) is 48.6 Å². The molecule has 19 heavy (non-hydrogen) atoms. The average molecular weight is 262 g/mol. The van der Waals surface area contributed by atoms with Crippen molar-refractivity contribution >= 4 is 0 Å². The highest BCUT2D eigenvalue weighted by molar-refractivity contribution is 5.30. The van der Waals surface area contributed by atoms with Gasteiger partial charge in [-0.1, -0.05) is 12.1 Å². The highest BCUT2D eigenvalue weighted by Gasteiger charge is 2.25. The average Bonchev–Trinajstić information content (AvgIpc) is 2.46. The van der Waals surface area contributed by atoms with Crippen molar-refractivity contribution in [1.82, 2.24) is 10.2 Å². The molecular formula is C16H26N2O. The van der Waals surface area contributed by atoms with Crippen LogP contribution < -0.4 is 10.1 Å². The van der Waals surface area contributed by atoms with Gasteiger partial charge in [-0.25, -0.2) is 0 Å². The summed E-state index contributed by atoms with van der Waals surface area (Å²) < 4.78 is 5.26. The fourth-order valence-electron chi connectivity index (χ4n) is 3.02. The van der Waals surface area contributed by atoms with E-state index >= 15 is 0 Å². The lowest BCUT2D eigenvalue weighted by Crippen LogP contribution is -2.34. The molecule has 0 radical (unpaired) electrons. The fraction of sp³-hybridized carbons (Fsp3) is 0.625. The van der Waals surface area contributed by atoms with E-state index < -0.39 is 0 Å². The topological polar surface area (TPSA) is 24.5 Å². The molecule has 0 saturated carbocycles. The molecule has 0 bridgehead atoms. The predicted molar refractivity (Wildman–Crippen MR) is 79.9 cm³/mol. The third-order valence-electron chi connectivity index (χ3n) is 4.06. The molecule has 1 aliphatic rings. The van der Waals surface area contributed by atoms with E-state index in [0.717, 1.165) is 31.3 Å². The van der Waals surface area contributed by atoms with Gasteiger partial charge in [0, 0.05) is 6.54 Å². The first kappa shape index (κ1) is 14.4. The van der Waals surface area contributed by atoms with Gasteiger partial charge in [-0.05, 0) is 69.6 Å². The van der Waals surface area contributed by atoms with Crippen LogP contribution in [-0.2, 0) is 0 Å². The van der Waals surface area contributed by atoms with Crippen LogP contribution in [0.15, 0.2) is 24.3 Å². The maximum atomic E-state index is 5.26. The summed E-state index contributed by atoms with van der Waals surface area (Å²) in [5, 5.41) is 3.46. The number of nitrogens with zero attached hydrogens (tertiary/aromatic N) is 1. The van der Waals surface area contributed by atoms with E-state index in [0.29, 0.717) is 5.92 Å². The molecule has 1 heterocycles. The minimum atomic E-state index is 0.628. The molecule has 0 amide bonds. The van der Waals surface area contributed by atoms with Crippen molar-refractivity contribution in [3.8, 4) is 5.75 Å². The van der Waals surface area contributed by atoms with E-state index in [9.17, 15) is 0 Å². The lowest BCUT2D eigenvalue weighted by molar-refractivity contribution is 0.261. The molecule has 1 aromatic rings. The smallest absolute Gasteiger partial charge is 0.118 e. The summed E-state index contributed by atoms with van der Waals surface area (Å²) in [5.74, 6) is 2.36. The Kier molecular flexibility index (Phi) is 5.23. The van der Waals surface area contributed by atoms with E-state index in [-0.39, 0.29) is 0 Å². The second-order valence-electron chi connectivity index (χ2n) is 5.73. The minimum Gasteiger partial charge on any atom is -0.497 e. The molecule has 106 valence electrons. The highest BCUT2D eigenvalue weighted by Crippen LogP contribution is 2.32. The SMILES string of the molecule is COc1ccc(C(CN(C)C)C2CCNCC2)cc1. The highest BCUT2D eigenvalue weighted by atomic mass is 16.5. The molecule has 0 aromatic heterocycles. The van der Waals surface area contributed by atoms with Crippen molar-refractivity contribution in [1.29, 1.82) is 0 Å². The molecule has 0 spiro atoms. The Bertz CT molecular complexity index is 369. The lowest BCUT2D eigenvalue weighted by atomic mass is 9.80. The number of nitrogens with one attached hydrogen (secondary N) is 1. The molecule has 1 aromatic carbocycles. The molecule has 1 saturated heterocycles. The van der Waals surface area contributed by atoms with Gasteiger partial charge in [-0.3, -0.25) is 0 Å². The molecular weight excluding hydrogens is 236 g/mol. The van der Waals surface area contributed by atoms with Crippen LogP contribution in [0.2, 0.25) is 0 Å². The Balaban J connectivity index is 2.14. The Labute approximate surface area is 116 Å². The Hall–Kier alpha value is -1.06. The molecule has 1 atom stereocenters. The van der Waals surface area contributed by atoms with Crippen molar-refractivity contribution in [2.75, 3.05) is 40.8 Å². The number of ether oxygens (including phenoxy) is 1. The van der Waals surface area contributed by atoms with Crippen molar-refractivity contribution in [3.05, 3.63) is 29.8 Å². The lowest BCUT2D eigenvalue weighted by Gasteiger charge is -2.33. The minimum absolute atomic E-state index is 0.628. The summed E-state index contributed by atoms with van der Waals surface area (Å²) in [6.45, 7) is 3.44. The zero-order valence-corrected chi connectivity index (χ0v) is 12.4. The number of benzene rings is 1. The van der Waals surface area contributed by atoms with Gasteiger partial charge in [-0.15, -0.1) is 0 Å². The molecule has 1 aliphatic heterocycles. The Morgan fingerprint density at radius 1 is 1.21 bits per heavy atom. The van der Waals surface area contributed by atoms with Crippen LogP contribution >= 0.6 is 0 Å². The van der Waals surface area contributed by atoms with Gasteiger partial charge in [0.1, 0.15) is 5.75 Å². The monoisotopic (exact) mass is 262 g/mol. The van der Waals surface area contributed by atoms with Crippen molar-refractivity contribution in [3.63, 3.8) is 0 Å². The van der Waals surface area contributed by atoms with E-state index in [4.69, 9.17) is 4.74 Å². The van der Waals surface area contributed by atoms with Crippen LogP contribution in [0.4, 0.5) is 0 Å². The van der Waals surface area contributed by atoms with Gasteiger partial charge >= 0.3 is 0 Å². The van der Waals surface area contributed by atoms with Crippen LogP contribution in [0.1, 0.15) is 24.3 Å². The summed E-state index contributed by atoms with van der Waals surface area (Å²) in [5.41, 5.74) is 1.45. The summed E-state index contributed by atoms with van der Waals surface area (Å²) in [4.78, 5) is 2.30. The van der Waals surface area contributed by atoms with Crippen LogP contribution in [0.25, 0.3) is 0 Å². The molecule has 1 fully saturated rings. The molecule has 2 rings (SSSR count). The maximum absolute atomic E-state index is 5.26. The zero-order valence-electron chi connectivity index (χ0n) is 12.4. The molecule has 0 aliphatic carbocycles. The van der Waals surface area contributed by atoms with Crippen LogP contribution in [0.3, 0.4) is 0 Å². The third kappa shape index (κ3) is 3.95. The summed E-state index contributed by atoms with van der Waals surface area (Å²) in [6.07, 6.45) is 2.56. The van der Waals surface area contributed by atoms with Gasteiger partial charge in [0.2, 0.25) is 0 Å². The summed E-state index contributed by atoms with van der Waals surface area (Å²) >= 11 is 0. The van der Waals surface area contributed by atoms with Gasteiger partial charge < -0.3 is 15.0 Å². The second-order valence-corrected chi connectivity index (χ2v) is 5.73. The van der Waals surface area contributed by atoms with Gasteiger partial charge in [0.15, 0.2) is 0 Å². The van der Waals surface area contributed by atoms with Crippen molar-refractivity contribution in [2.45, 2.75) is 18.8 Å². The van der Waals surface area contributed by atoms with E-state index in [1.807, 2.05) is 0 Å². The fourth-order valence-corrected chi connectivity index (χ4v) is 3.02. The number of hydrogen-bond donors (Lipinski definition) is 1. The largest absolute Gasteiger partial charge is 0.497 e. The summed E-state index contributed by atoms with van der Waals surface area (Å²) in [6, 6.07) is 8.63. The number of rotatable bonds is 5. The van der Waals surface area contributed by atoms with Crippen molar-refractivity contribution < 1.29 is 4.74 Å². The van der Waals surface area contributed by atoms with E-state index in [1.54, 1.807) is 7.11 Å². The normalized spacial score (nSPS) is 18.5. The third-order valence-corrected chi connectivity index (χ3v) is 4.06. The van der Waals surface area contributed by atoms with Crippen molar-refractivity contribution in [2.24, 2.45) is 5.92 Å². The van der Waals surface area contributed by atoms with Gasteiger partial charge in [0.25, 0.3) is 0 Å². The van der Waals surface area contributed by atoms with Crippen LogP contribution in [-0.4, -0.2) is 45.7 Å². The Morgan fingerprint density at radius 2 is 1.84 bits per heavy atom. The number of methoxy groups -OCH3 is 1. The van der Waals surface area contributed by atoms with E-state index in [1.165, 1.54) is 18.4 Å². The van der Waals surface area contributed by atoms with Gasteiger partial charge in [0.05, 0.1) is 7.11 Å². The number of likely N-dealkylation sites (N-methyl/N-ethyl adjacent to an activating group) is 1. The molecule has 1 N–H and O–H groups in total. The summed E-state index contributed by atoms with van der Waals surface area (Å²) in [7, 11) is 6.05. The quantitative estimate of drug-likeness (QED) is 0.881. The number of piperidine rings is 1.